The van der Waals surface area contributed by atoms with Gasteiger partial charge in [0.05, 0.1) is 25.0 Å². The highest BCUT2D eigenvalue weighted by Gasteiger charge is 2.07. The summed E-state index contributed by atoms with van der Waals surface area (Å²) in [6.07, 6.45) is 1.59. The second-order valence-corrected chi connectivity index (χ2v) is 4.37. The third kappa shape index (κ3) is 3.69. The molecule has 0 spiro atoms. The molecule has 0 saturated carbocycles. The van der Waals surface area contributed by atoms with Crippen molar-refractivity contribution < 1.29 is 9.21 Å². The molecule has 3 N–H and O–H groups in total. The van der Waals surface area contributed by atoms with Crippen molar-refractivity contribution in [2.75, 3.05) is 6.54 Å². The minimum Gasteiger partial charge on any atom is -0.467 e. The minimum atomic E-state index is -0.0600. The van der Waals surface area contributed by atoms with Crippen LogP contribution in [-0.4, -0.2) is 22.6 Å². The van der Waals surface area contributed by atoms with Crippen LogP contribution in [0.3, 0.4) is 0 Å². The molecule has 2 heterocycles. The lowest BCUT2D eigenvalue weighted by molar-refractivity contribution is -0.120. The van der Waals surface area contributed by atoms with Crippen LogP contribution in [0.1, 0.15) is 22.7 Å². The minimum absolute atomic E-state index is 0.0600. The molecule has 0 bridgehead atoms. The van der Waals surface area contributed by atoms with E-state index in [2.05, 4.69) is 20.8 Å². The van der Waals surface area contributed by atoms with Crippen molar-refractivity contribution in [1.29, 1.82) is 0 Å². The fraction of sp³-hybridized carbons (Fsp3) is 0.385. The Morgan fingerprint density at radius 2 is 2.26 bits per heavy atom. The van der Waals surface area contributed by atoms with Crippen LogP contribution in [0.4, 0.5) is 0 Å². The normalized spacial score (nSPS) is 10.6. The molecule has 2 aromatic rings. The molecular weight excluding hydrogens is 244 g/mol. The first-order valence-electron chi connectivity index (χ1n) is 6.17. The zero-order chi connectivity index (χ0) is 13.7. The number of aromatic amines is 1. The molecule has 0 aliphatic rings. The Kier molecular flexibility index (Phi) is 4.35. The molecule has 6 nitrogen and oxygen atoms in total. The number of hydrogen-bond acceptors (Lipinski definition) is 4. The van der Waals surface area contributed by atoms with Crippen LogP contribution in [0.25, 0.3) is 0 Å². The Morgan fingerprint density at radius 3 is 2.89 bits per heavy atom. The molecule has 0 aliphatic carbocycles. The first-order chi connectivity index (χ1) is 9.16. The van der Waals surface area contributed by atoms with Crippen molar-refractivity contribution >= 4 is 5.91 Å². The zero-order valence-electron chi connectivity index (χ0n) is 11.1. The summed E-state index contributed by atoms with van der Waals surface area (Å²) in [5, 5.41) is 12.9. The van der Waals surface area contributed by atoms with Gasteiger partial charge < -0.3 is 15.1 Å². The number of furan rings is 1. The van der Waals surface area contributed by atoms with E-state index in [4.69, 9.17) is 4.42 Å². The number of hydrogen-bond donors (Lipinski definition) is 3. The van der Waals surface area contributed by atoms with Gasteiger partial charge in [0.2, 0.25) is 5.91 Å². The lowest BCUT2D eigenvalue weighted by atomic mass is 10.2. The summed E-state index contributed by atoms with van der Waals surface area (Å²) in [7, 11) is 0. The second kappa shape index (κ2) is 6.19. The fourth-order valence-corrected chi connectivity index (χ4v) is 1.80. The lowest BCUT2D eigenvalue weighted by Gasteiger charge is -2.06. The summed E-state index contributed by atoms with van der Waals surface area (Å²) in [5.41, 5.74) is 3.10. The third-order valence-corrected chi connectivity index (χ3v) is 2.91. The van der Waals surface area contributed by atoms with E-state index >= 15 is 0 Å². The van der Waals surface area contributed by atoms with Gasteiger partial charge in [0, 0.05) is 17.8 Å². The predicted octanol–water partition coefficient (Wildman–Crippen LogP) is 1.03. The Morgan fingerprint density at radius 1 is 1.42 bits per heavy atom. The molecule has 0 radical (unpaired) electrons. The number of aryl methyl sites for hydroxylation is 2. The van der Waals surface area contributed by atoms with E-state index in [1.807, 2.05) is 19.9 Å². The number of carbonyl (C=O) groups excluding carboxylic acids is 1. The van der Waals surface area contributed by atoms with Gasteiger partial charge in [-0.25, -0.2) is 0 Å². The molecule has 0 atom stereocenters. The number of H-pyrrole nitrogens is 1. The molecule has 0 saturated heterocycles. The molecule has 0 aromatic carbocycles. The number of nitrogens with zero attached hydrogens (tertiary/aromatic N) is 1. The molecule has 102 valence electrons. The fourth-order valence-electron chi connectivity index (χ4n) is 1.80. The second-order valence-electron chi connectivity index (χ2n) is 4.37. The number of carbonyl (C=O) groups is 1. The monoisotopic (exact) mass is 262 g/mol. The van der Waals surface area contributed by atoms with E-state index in [1.54, 1.807) is 12.3 Å². The molecule has 2 rings (SSSR count). The van der Waals surface area contributed by atoms with Gasteiger partial charge in [-0.15, -0.1) is 0 Å². The molecule has 19 heavy (non-hydrogen) atoms. The van der Waals surface area contributed by atoms with Crippen LogP contribution >= 0.6 is 0 Å². The molecule has 2 aromatic heterocycles. The van der Waals surface area contributed by atoms with Gasteiger partial charge in [-0.1, -0.05) is 0 Å². The Balaban J connectivity index is 1.69. The smallest absolute Gasteiger partial charge is 0.234 e. The third-order valence-electron chi connectivity index (χ3n) is 2.91. The summed E-state index contributed by atoms with van der Waals surface area (Å²) in [6.45, 7) is 5.22. The SMILES string of the molecule is Cc1n[nH]c(C)c1CNCC(=O)NCc1ccco1. The van der Waals surface area contributed by atoms with Crippen LogP contribution in [0.2, 0.25) is 0 Å². The molecule has 1 amide bonds. The summed E-state index contributed by atoms with van der Waals surface area (Å²) in [6, 6.07) is 3.62. The number of amides is 1. The van der Waals surface area contributed by atoms with Gasteiger partial charge in [-0.2, -0.15) is 5.10 Å². The van der Waals surface area contributed by atoms with E-state index in [0.717, 1.165) is 22.7 Å². The number of rotatable bonds is 6. The van der Waals surface area contributed by atoms with Crippen molar-refractivity contribution in [1.82, 2.24) is 20.8 Å². The highest BCUT2D eigenvalue weighted by atomic mass is 16.3. The van der Waals surface area contributed by atoms with Crippen LogP contribution in [0.5, 0.6) is 0 Å². The largest absolute Gasteiger partial charge is 0.467 e. The maximum absolute atomic E-state index is 11.6. The van der Waals surface area contributed by atoms with E-state index in [-0.39, 0.29) is 12.5 Å². The average molecular weight is 262 g/mol. The number of aromatic nitrogens is 2. The molecule has 0 aliphatic heterocycles. The van der Waals surface area contributed by atoms with Gasteiger partial charge in [-0.3, -0.25) is 9.89 Å². The van der Waals surface area contributed by atoms with E-state index < -0.39 is 0 Å². The van der Waals surface area contributed by atoms with Crippen LogP contribution in [-0.2, 0) is 17.9 Å². The standard InChI is InChI=1S/C13H18N4O2/c1-9-12(10(2)17-16-9)7-14-8-13(18)15-6-11-4-3-5-19-11/h3-5,14H,6-8H2,1-2H3,(H,15,18)(H,16,17). The van der Waals surface area contributed by atoms with Crippen LogP contribution in [0, 0.1) is 13.8 Å². The molecular formula is C13H18N4O2. The highest BCUT2D eigenvalue weighted by Crippen LogP contribution is 2.07. The van der Waals surface area contributed by atoms with Gasteiger partial charge in [0.15, 0.2) is 0 Å². The lowest BCUT2D eigenvalue weighted by Crippen LogP contribution is -2.33. The highest BCUT2D eigenvalue weighted by molar-refractivity contribution is 5.77. The maximum Gasteiger partial charge on any atom is 0.234 e. The van der Waals surface area contributed by atoms with Crippen LogP contribution < -0.4 is 10.6 Å². The Hall–Kier alpha value is -2.08. The average Bonchev–Trinajstić information content (AvgIpc) is 3.00. The van der Waals surface area contributed by atoms with Gasteiger partial charge in [0.1, 0.15) is 5.76 Å². The van der Waals surface area contributed by atoms with Gasteiger partial charge in [-0.05, 0) is 26.0 Å². The first kappa shape index (κ1) is 13.4. The molecule has 0 fully saturated rings. The van der Waals surface area contributed by atoms with Crippen LogP contribution in [0.15, 0.2) is 22.8 Å². The van der Waals surface area contributed by atoms with Crippen molar-refractivity contribution in [3.63, 3.8) is 0 Å². The maximum atomic E-state index is 11.6. The van der Waals surface area contributed by atoms with E-state index in [0.29, 0.717) is 13.1 Å². The topological polar surface area (TPSA) is 83.0 Å². The van der Waals surface area contributed by atoms with Crippen molar-refractivity contribution in [3.8, 4) is 0 Å². The van der Waals surface area contributed by atoms with Crippen molar-refractivity contribution in [2.24, 2.45) is 0 Å². The van der Waals surface area contributed by atoms with Gasteiger partial charge in [0.25, 0.3) is 0 Å². The number of nitrogens with one attached hydrogen (secondary N) is 3. The summed E-state index contributed by atoms with van der Waals surface area (Å²) >= 11 is 0. The molecule has 6 heteroatoms. The van der Waals surface area contributed by atoms with E-state index in [9.17, 15) is 4.79 Å². The summed E-state index contributed by atoms with van der Waals surface area (Å²) < 4.78 is 5.13. The quantitative estimate of drug-likeness (QED) is 0.726. The zero-order valence-corrected chi connectivity index (χ0v) is 11.1. The van der Waals surface area contributed by atoms with Crippen molar-refractivity contribution in [2.45, 2.75) is 26.9 Å². The molecule has 0 unspecified atom stereocenters. The first-order valence-corrected chi connectivity index (χ1v) is 6.17. The summed E-state index contributed by atoms with van der Waals surface area (Å²) in [5.74, 6) is 0.685. The Bertz CT molecular complexity index is 511. The Labute approximate surface area is 111 Å². The van der Waals surface area contributed by atoms with Crippen molar-refractivity contribution in [3.05, 3.63) is 41.1 Å². The predicted molar refractivity (Wildman–Crippen MR) is 70.3 cm³/mol. The summed E-state index contributed by atoms with van der Waals surface area (Å²) in [4.78, 5) is 11.6. The van der Waals surface area contributed by atoms with Gasteiger partial charge >= 0.3 is 0 Å². The van der Waals surface area contributed by atoms with E-state index in [1.165, 1.54) is 0 Å².